The second kappa shape index (κ2) is 6.62. The monoisotopic (exact) mass is 275 g/mol. The van der Waals surface area contributed by atoms with Crippen LogP contribution in [0.2, 0.25) is 0 Å². The molecule has 0 heterocycles. The molecule has 0 fully saturated rings. The first-order valence-electron chi connectivity index (χ1n) is 6.88. The van der Waals surface area contributed by atoms with Crippen molar-refractivity contribution in [1.29, 1.82) is 0 Å². The van der Waals surface area contributed by atoms with Crippen LogP contribution in [0.25, 0.3) is 0 Å². The second-order valence-corrected chi connectivity index (χ2v) is 4.89. The first-order chi connectivity index (χ1) is 9.65. The molecule has 0 amide bonds. The van der Waals surface area contributed by atoms with Crippen molar-refractivity contribution in [3.63, 3.8) is 0 Å². The van der Waals surface area contributed by atoms with E-state index in [2.05, 4.69) is 5.32 Å². The molecule has 0 saturated heterocycles. The van der Waals surface area contributed by atoms with Gasteiger partial charge in [0.2, 0.25) is 0 Å². The molecule has 0 aliphatic carbocycles. The summed E-state index contributed by atoms with van der Waals surface area (Å²) in [5.74, 6) is -0.979. The lowest BCUT2D eigenvalue weighted by molar-refractivity contribution is 0.499. The zero-order valence-electron chi connectivity index (χ0n) is 11.8. The molecule has 0 saturated carbocycles. The molecule has 3 heteroatoms. The maximum absolute atomic E-state index is 14.3. The fourth-order valence-corrected chi connectivity index (χ4v) is 2.26. The van der Waals surface area contributed by atoms with Gasteiger partial charge in [-0.1, -0.05) is 43.3 Å². The molecule has 2 aromatic carbocycles. The third-order valence-corrected chi connectivity index (χ3v) is 3.34. The number of hydrogen-bond acceptors (Lipinski definition) is 1. The summed E-state index contributed by atoms with van der Waals surface area (Å²) in [6.45, 7) is 4.38. The maximum Gasteiger partial charge on any atom is 0.134 e. The summed E-state index contributed by atoms with van der Waals surface area (Å²) in [6, 6.07) is 11.7. The van der Waals surface area contributed by atoms with Gasteiger partial charge < -0.3 is 5.32 Å². The zero-order valence-corrected chi connectivity index (χ0v) is 11.8. The van der Waals surface area contributed by atoms with Crippen LogP contribution in [0.3, 0.4) is 0 Å². The zero-order chi connectivity index (χ0) is 14.5. The average molecular weight is 275 g/mol. The van der Waals surface area contributed by atoms with E-state index in [0.29, 0.717) is 12.1 Å². The van der Waals surface area contributed by atoms with Crippen LogP contribution in [0.1, 0.15) is 36.1 Å². The Bertz CT molecular complexity index is 567. The Labute approximate surface area is 118 Å². The summed E-state index contributed by atoms with van der Waals surface area (Å²) in [5, 5.41) is 3.23. The molecule has 106 valence electrons. The minimum absolute atomic E-state index is 0.102. The molecule has 20 heavy (non-hydrogen) atoms. The Morgan fingerprint density at radius 3 is 2.40 bits per heavy atom. The lowest BCUT2D eigenvalue weighted by atomic mass is 9.96. The van der Waals surface area contributed by atoms with Crippen molar-refractivity contribution < 1.29 is 8.78 Å². The summed E-state index contributed by atoms with van der Waals surface area (Å²) in [7, 11) is 0. The maximum atomic E-state index is 14.3. The Balaban J connectivity index is 2.49. The van der Waals surface area contributed by atoms with Gasteiger partial charge >= 0.3 is 0 Å². The summed E-state index contributed by atoms with van der Waals surface area (Å²) >= 11 is 0. The highest BCUT2D eigenvalue weighted by Gasteiger charge is 2.22. The van der Waals surface area contributed by atoms with E-state index in [4.69, 9.17) is 0 Å². The Hall–Kier alpha value is -1.74. The molecule has 0 radical (unpaired) electrons. The molecular formula is C17H19F2N. The summed E-state index contributed by atoms with van der Waals surface area (Å²) in [4.78, 5) is 0. The van der Waals surface area contributed by atoms with E-state index in [0.717, 1.165) is 12.0 Å². The van der Waals surface area contributed by atoms with Crippen LogP contribution in [0, 0.1) is 18.6 Å². The predicted octanol–water partition coefficient (Wildman–Crippen LogP) is 4.36. The van der Waals surface area contributed by atoms with E-state index in [1.165, 1.54) is 12.1 Å². The summed E-state index contributed by atoms with van der Waals surface area (Å²) in [5.41, 5.74) is 1.43. The molecule has 1 N–H and O–H groups in total. The molecule has 1 nitrogen and oxygen atoms in total. The fraction of sp³-hybridized carbons (Fsp3) is 0.294. The van der Waals surface area contributed by atoms with Gasteiger partial charge in [-0.2, -0.15) is 0 Å². The van der Waals surface area contributed by atoms with Crippen molar-refractivity contribution in [2.45, 2.75) is 26.3 Å². The fourth-order valence-electron chi connectivity index (χ4n) is 2.26. The van der Waals surface area contributed by atoms with E-state index in [1.54, 1.807) is 6.92 Å². The molecule has 1 atom stereocenters. The van der Waals surface area contributed by atoms with Crippen molar-refractivity contribution in [1.82, 2.24) is 5.32 Å². The number of aryl methyl sites for hydroxylation is 1. The van der Waals surface area contributed by atoms with Crippen molar-refractivity contribution in [2.75, 3.05) is 6.54 Å². The Morgan fingerprint density at radius 1 is 1.05 bits per heavy atom. The Morgan fingerprint density at radius 2 is 1.75 bits per heavy atom. The summed E-state index contributed by atoms with van der Waals surface area (Å²) in [6.07, 6.45) is 0.901. The van der Waals surface area contributed by atoms with Crippen LogP contribution in [-0.4, -0.2) is 6.54 Å². The molecular weight excluding hydrogens is 256 g/mol. The van der Waals surface area contributed by atoms with E-state index >= 15 is 0 Å². The highest BCUT2D eigenvalue weighted by molar-refractivity contribution is 5.36. The van der Waals surface area contributed by atoms with Gasteiger partial charge in [0.1, 0.15) is 11.6 Å². The normalized spacial score (nSPS) is 12.4. The number of hydrogen-bond donors (Lipinski definition) is 1. The standard InChI is InChI=1S/C17H19F2N/c1-3-11-20-17(13-7-5-4-6-8-13)15-14(18)10-9-12(2)16(15)19/h4-10,17,20H,3,11H2,1-2H3. The van der Waals surface area contributed by atoms with E-state index < -0.39 is 17.7 Å². The molecule has 2 aromatic rings. The van der Waals surface area contributed by atoms with Gasteiger partial charge in [0.25, 0.3) is 0 Å². The van der Waals surface area contributed by atoms with Crippen LogP contribution in [0.15, 0.2) is 42.5 Å². The SMILES string of the molecule is CCCNC(c1ccccc1)c1c(F)ccc(C)c1F. The van der Waals surface area contributed by atoms with Gasteiger partial charge in [-0.15, -0.1) is 0 Å². The molecule has 0 spiro atoms. The minimum Gasteiger partial charge on any atom is -0.306 e. The van der Waals surface area contributed by atoms with Crippen LogP contribution in [0.4, 0.5) is 8.78 Å². The van der Waals surface area contributed by atoms with Gasteiger partial charge in [-0.25, -0.2) is 8.78 Å². The molecule has 0 aromatic heterocycles. The average Bonchev–Trinajstić information content (AvgIpc) is 2.47. The minimum atomic E-state index is -0.509. The topological polar surface area (TPSA) is 12.0 Å². The highest BCUT2D eigenvalue weighted by atomic mass is 19.1. The van der Waals surface area contributed by atoms with E-state index in [1.807, 2.05) is 37.3 Å². The third kappa shape index (κ3) is 3.05. The first kappa shape index (κ1) is 14.7. The number of nitrogens with one attached hydrogen (secondary N) is 1. The van der Waals surface area contributed by atoms with Gasteiger partial charge in [-0.3, -0.25) is 0 Å². The van der Waals surface area contributed by atoms with Gasteiger partial charge in [0.15, 0.2) is 0 Å². The Kier molecular flexibility index (Phi) is 4.85. The van der Waals surface area contributed by atoms with Crippen LogP contribution in [0.5, 0.6) is 0 Å². The van der Waals surface area contributed by atoms with Crippen LogP contribution >= 0.6 is 0 Å². The number of rotatable bonds is 5. The number of benzene rings is 2. The van der Waals surface area contributed by atoms with Crippen LogP contribution < -0.4 is 5.32 Å². The molecule has 0 aliphatic heterocycles. The van der Waals surface area contributed by atoms with Crippen molar-refractivity contribution in [3.05, 3.63) is 70.8 Å². The molecule has 0 aliphatic rings. The first-order valence-corrected chi connectivity index (χ1v) is 6.88. The van der Waals surface area contributed by atoms with Gasteiger partial charge in [-0.05, 0) is 37.1 Å². The molecule has 2 rings (SSSR count). The lowest BCUT2D eigenvalue weighted by Crippen LogP contribution is -2.25. The highest BCUT2D eigenvalue weighted by Crippen LogP contribution is 2.28. The van der Waals surface area contributed by atoms with E-state index in [-0.39, 0.29) is 5.56 Å². The van der Waals surface area contributed by atoms with Gasteiger partial charge in [0.05, 0.1) is 6.04 Å². The third-order valence-electron chi connectivity index (χ3n) is 3.34. The van der Waals surface area contributed by atoms with Crippen LogP contribution in [-0.2, 0) is 0 Å². The van der Waals surface area contributed by atoms with Crippen molar-refractivity contribution in [3.8, 4) is 0 Å². The van der Waals surface area contributed by atoms with Gasteiger partial charge in [0, 0.05) is 5.56 Å². The quantitative estimate of drug-likeness (QED) is 0.854. The van der Waals surface area contributed by atoms with Crippen molar-refractivity contribution in [2.24, 2.45) is 0 Å². The predicted molar refractivity (Wildman–Crippen MR) is 77.7 cm³/mol. The van der Waals surface area contributed by atoms with Crippen molar-refractivity contribution >= 4 is 0 Å². The largest absolute Gasteiger partial charge is 0.306 e. The number of halogens is 2. The smallest absolute Gasteiger partial charge is 0.134 e. The molecule has 1 unspecified atom stereocenters. The van der Waals surface area contributed by atoms with E-state index in [9.17, 15) is 8.78 Å². The summed E-state index contributed by atoms with van der Waals surface area (Å²) < 4.78 is 28.5. The lowest BCUT2D eigenvalue weighted by Gasteiger charge is -2.21. The molecule has 0 bridgehead atoms. The second-order valence-electron chi connectivity index (χ2n) is 4.89.